The van der Waals surface area contributed by atoms with Gasteiger partial charge in [0.2, 0.25) is 0 Å². The molecule has 0 spiro atoms. The summed E-state index contributed by atoms with van der Waals surface area (Å²) in [5.74, 6) is 0. The van der Waals surface area contributed by atoms with E-state index < -0.39 is 11.0 Å². The Balaban J connectivity index is 2.00. The molecule has 8 nitrogen and oxygen atoms in total. The molecule has 1 saturated heterocycles. The fourth-order valence-corrected chi connectivity index (χ4v) is 1.94. The van der Waals surface area contributed by atoms with E-state index in [9.17, 15) is 14.9 Å². The van der Waals surface area contributed by atoms with Gasteiger partial charge < -0.3 is 10.0 Å². The highest BCUT2D eigenvalue weighted by molar-refractivity contribution is 5.64. The Morgan fingerprint density at radius 1 is 1.53 bits per heavy atom. The lowest BCUT2D eigenvalue weighted by Gasteiger charge is -2.29. The minimum absolute atomic E-state index is 0.0364. The Hall–Kier alpha value is -2.12. The second-order valence-electron chi connectivity index (χ2n) is 3.94. The van der Waals surface area contributed by atoms with Crippen molar-refractivity contribution in [2.75, 3.05) is 13.1 Å². The van der Waals surface area contributed by atoms with Gasteiger partial charge in [-0.25, -0.2) is 4.79 Å². The molecule has 1 fully saturated rings. The van der Waals surface area contributed by atoms with Gasteiger partial charge >= 0.3 is 11.8 Å². The zero-order chi connectivity index (χ0) is 12.4. The van der Waals surface area contributed by atoms with Crippen LogP contribution in [0.4, 0.5) is 10.5 Å². The molecule has 0 unspecified atom stereocenters. The summed E-state index contributed by atoms with van der Waals surface area (Å²) in [6.45, 7) is 0.876. The fraction of sp³-hybridized carbons (Fsp3) is 0.556. The van der Waals surface area contributed by atoms with E-state index in [1.165, 1.54) is 17.3 Å². The van der Waals surface area contributed by atoms with Crippen LogP contribution in [-0.4, -0.2) is 43.9 Å². The maximum absolute atomic E-state index is 10.7. The number of carbonyl (C=O) groups is 1. The number of hydrogen-bond acceptors (Lipinski definition) is 4. The number of likely N-dealkylation sites (tertiary alicyclic amines) is 1. The Morgan fingerprint density at radius 3 is 2.65 bits per heavy atom. The molecule has 0 aromatic carbocycles. The predicted molar refractivity (Wildman–Crippen MR) is 56.8 cm³/mol. The van der Waals surface area contributed by atoms with Gasteiger partial charge in [0.1, 0.15) is 12.4 Å². The topological polar surface area (TPSA) is 102 Å². The van der Waals surface area contributed by atoms with E-state index in [1.54, 1.807) is 4.68 Å². The van der Waals surface area contributed by atoms with E-state index in [0.717, 1.165) is 0 Å². The Morgan fingerprint density at radius 2 is 2.18 bits per heavy atom. The zero-order valence-corrected chi connectivity index (χ0v) is 9.02. The summed E-state index contributed by atoms with van der Waals surface area (Å²) < 4.78 is 1.55. The second-order valence-corrected chi connectivity index (χ2v) is 3.94. The molecule has 1 amide bonds. The first-order valence-corrected chi connectivity index (χ1v) is 5.24. The van der Waals surface area contributed by atoms with Crippen molar-refractivity contribution in [1.82, 2.24) is 14.7 Å². The highest BCUT2D eigenvalue weighted by Crippen LogP contribution is 2.23. The summed E-state index contributed by atoms with van der Waals surface area (Å²) >= 11 is 0. The van der Waals surface area contributed by atoms with E-state index in [0.29, 0.717) is 25.9 Å². The van der Waals surface area contributed by atoms with Gasteiger partial charge in [-0.3, -0.25) is 14.8 Å². The third kappa shape index (κ3) is 2.35. The van der Waals surface area contributed by atoms with Gasteiger partial charge in [-0.1, -0.05) is 0 Å². The molecular weight excluding hydrogens is 228 g/mol. The Labute approximate surface area is 96.6 Å². The van der Waals surface area contributed by atoms with Crippen molar-refractivity contribution in [3.05, 3.63) is 22.5 Å². The third-order valence-corrected chi connectivity index (χ3v) is 2.91. The van der Waals surface area contributed by atoms with Crippen molar-refractivity contribution < 1.29 is 14.8 Å². The van der Waals surface area contributed by atoms with Gasteiger partial charge in [-0.15, -0.1) is 0 Å². The number of nitro groups is 1. The largest absolute Gasteiger partial charge is 0.465 e. The molecule has 0 atom stereocenters. The van der Waals surface area contributed by atoms with Crippen molar-refractivity contribution in [2.24, 2.45) is 0 Å². The van der Waals surface area contributed by atoms with E-state index in [-0.39, 0.29) is 11.7 Å². The maximum atomic E-state index is 10.7. The first-order chi connectivity index (χ1) is 8.08. The highest BCUT2D eigenvalue weighted by Gasteiger charge is 2.24. The quantitative estimate of drug-likeness (QED) is 0.616. The molecule has 8 heteroatoms. The molecule has 1 aromatic heterocycles. The van der Waals surface area contributed by atoms with Crippen LogP contribution in [0.5, 0.6) is 0 Å². The summed E-state index contributed by atoms with van der Waals surface area (Å²) in [6, 6.07) is 0.0410. The van der Waals surface area contributed by atoms with Crippen molar-refractivity contribution >= 4 is 11.8 Å². The SMILES string of the molecule is O=C(O)N1CCC(n2cc([N+](=O)[O-])cn2)CC1. The summed E-state index contributed by atoms with van der Waals surface area (Å²) in [7, 11) is 0. The number of amides is 1. The van der Waals surface area contributed by atoms with Crippen LogP contribution in [0.25, 0.3) is 0 Å². The molecular formula is C9H12N4O4. The van der Waals surface area contributed by atoms with Crippen LogP contribution in [0, 0.1) is 10.1 Å². The monoisotopic (exact) mass is 240 g/mol. The van der Waals surface area contributed by atoms with Gasteiger partial charge in [0.05, 0.1) is 11.0 Å². The van der Waals surface area contributed by atoms with E-state index in [4.69, 9.17) is 5.11 Å². The van der Waals surface area contributed by atoms with Crippen molar-refractivity contribution in [3.63, 3.8) is 0 Å². The van der Waals surface area contributed by atoms with E-state index in [1.807, 2.05) is 0 Å². The predicted octanol–water partition coefficient (Wildman–Crippen LogP) is 1.11. The van der Waals surface area contributed by atoms with Crippen molar-refractivity contribution in [3.8, 4) is 0 Å². The standard InChI is InChI=1S/C9H12N4O4/c14-9(15)11-3-1-7(2-4-11)12-6-8(5-10-12)13(16)17/h5-7H,1-4H2,(H,14,15). The summed E-state index contributed by atoms with van der Waals surface area (Å²) in [5.41, 5.74) is -0.0364. The molecule has 2 rings (SSSR count). The third-order valence-electron chi connectivity index (χ3n) is 2.91. The second kappa shape index (κ2) is 4.40. The van der Waals surface area contributed by atoms with Crippen LogP contribution in [0.15, 0.2) is 12.4 Å². The molecule has 0 radical (unpaired) electrons. The fourth-order valence-electron chi connectivity index (χ4n) is 1.94. The molecule has 2 heterocycles. The molecule has 0 saturated carbocycles. The number of piperidine rings is 1. The van der Waals surface area contributed by atoms with Gasteiger partial charge in [0.15, 0.2) is 0 Å². The van der Waals surface area contributed by atoms with E-state index >= 15 is 0 Å². The van der Waals surface area contributed by atoms with Gasteiger partial charge in [-0.05, 0) is 12.8 Å². The molecule has 1 aliphatic rings. The van der Waals surface area contributed by atoms with Crippen molar-refractivity contribution in [1.29, 1.82) is 0 Å². The first kappa shape index (κ1) is 11.4. The number of rotatable bonds is 2. The summed E-state index contributed by atoms with van der Waals surface area (Å²) in [6.07, 6.45) is 2.94. The van der Waals surface area contributed by atoms with Gasteiger partial charge in [0.25, 0.3) is 0 Å². The van der Waals surface area contributed by atoms with Crippen molar-refractivity contribution in [2.45, 2.75) is 18.9 Å². The molecule has 1 aliphatic heterocycles. The highest BCUT2D eigenvalue weighted by atomic mass is 16.6. The van der Waals surface area contributed by atoms with E-state index in [2.05, 4.69) is 5.10 Å². The average Bonchev–Trinajstić information content (AvgIpc) is 2.78. The number of nitrogens with zero attached hydrogens (tertiary/aromatic N) is 4. The summed E-state index contributed by atoms with van der Waals surface area (Å²) in [4.78, 5) is 22.1. The molecule has 17 heavy (non-hydrogen) atoms. The number of hydrogen-bond donors (Lipinski definition) is 1. The lowest BCUT2D eigenvalue weighted by Crippen LogP contribution is -2.38. The minimum atomic E-state index is -0.921. The Bertz CT molecular complexity index is 436. The normalized spacial score (nSPS) is 17.1. The lowest BCUT2D eigenvalue weighted by molar-refractivity contribution is -0.385. The summed E-state index contributed by atoms with van der Waals surface area (Å²) in [5, 5.41) is 23.2. The molecule has 1 N–H and O–H groups in total. The van der Waals surface area contributed by atoms with Crippen LogP contribution in [0.1, 0.15) is 18.9 Å². The molecule has 0 bridgehead atoms. The molecule has 1 aromatic rings. The van der Waals surface area contributed by atoms with Crippen LogP contribution in [0.3, 0.4) is 0 Å². The average molecular weight is 240 g/mol. The van der Waals surface area contributed by atoms with Crippen LogP contribution < -0.4 is 0 Å². The molecule has 92 valence electrons. The molecule has 0 aliphatic carbocycles. The van der Waals surface area contributed by atoms with Gasteiger partial charge in [-0.2, -0.15) is 5.10 Å². The van der Waals surface area contributed by atoms with Crippen LogP contribution in [-0.2, 0) is 0 Å². The van der Waals surface area contributed by atoms with Crippen LogP contribution >= 0.6 is 0 Å². The zero-order valence-electron chi connectivity index (χ0n) is 9.02. The minimum Gasteiger partial charge on any atom is -0.465 e. The Kier molecular flexibility index (Phi) is 2.94. The van der Waals surface area contributed by atoms with Gasteiger partial charge in [0, 0.05) is 13.1 Å². The first-order valence-electron chi connectivity index (χ1n) is 5.24. The lowest BCUT2D eigenvalue weighted by atomic mass is 10.1. The smallest absolute Gasteiger partial charge is 0.407 e. The number of aromatic nitrogens is 2. The maximum Gasteiger partial charge on any atom is 0.407 e. The number of carboxylic acid groups (broad SMARTS) is 1. The van der Waals surface area contributed by atoms with Crippen LogP contribution in [0.2, 0.25) is 0 Å².